The molecule has 4 nitrogen and oxygen atoms in total. The van der Waals surface area contributed by atoms with E-state index in [1.807, 2.05) is 78.9 Å². The molecule has 0 heterocycles. The first-order valence-electron chi connectivity index (χ1n) is 8.94. The lowest BCUT2D eigenvalue weighted by Gasteiger charge is -2.10. The van der Waals surface area contributed by atoms with Crippen molar-refractivity contribution in [3.05, 3.63) is 108 Å². The van der Waals surface area contributed by atoms with E-state index in [1.165, 1.54) is 0 Å². The number of hydrogen-bond donors (Lipinski definition) is 1. The molecule has 0 aliphatic rings. The monoisotopic (exact) mass is 366 g/mol. The summed E-state index contributed by atoms with van der Waals surface area (Å²) < 4.78 is 5.68. The lowest BCUT2D eigenvalue weighted by Crippen LogP contribution is -2.10. The fraction of sp³-hybridized carbons (Fsp3) is 0. The molecule has 0 spiro atoms. The highest BCUT2D eigenvalue weighted by Crippen LogP contribution is 2.27. The number of esters is 1. The number of hydrogen-bond acceptors (Lipinski definition) is 4. The Hall–Kier alpha value is -3.92. The van der Waals surface area contributed by atoms with Crippen LogP contribution in [-0.4, -0.2) is 12.2 Å². The van der Waals surface area contributed by atoms with Crippen molar-refractivity contribution >= 4 is 28.6 Å². The summed E-state index contributed by atoms with van der Waals surface area (Å²) in [5, 5.41) is 6.34. The fourth-order valence-electron chi connectivity index (χ4n) is 2.91. The highest BCUT2D eigenvalue weighted by atomic mass is 16.5. The van der Waals surface area contributed by atoms with E-state index in [0.29, 0.717) is 11.3 Å². The summed E-state index contributed by atoms with van der Waals surface area (Å²) in [5.41, 5.74) is 5.12. The molecule has 1 N–H and O–H groups in total. The summed E-state index contributed by atoms with van der Waals surface area (Å²) in [6, 6.07) is 30.3. The molecule has 136 valence electrons. The molecule has 0 aliphatic heterocycles. The van der Waals surface area contributed by atoms with Crippen molar-refractivity contribution in [3.8, 4) is 5.75 Å². The van der Waals surface area contributed by atoms with Crippen molar-refractivity contribution in [2.45, 2.75) is 0 Å². The number of carbonyl (C=O) groups excluding carboxylic acids is 1. The van der Waals surface area contributed by atoms with E-state index in [2.05, 4.69) is 10.5 Å². The number of benzene rings is 4. The van der Waals surface area contributed by atoms with Crippen LogP contribution in [0.3, 0.4) is 0 Å². The van der Waals surface area contributed by atoms with Gasteiger partial charge in [-0.05, 0) is 41.1 Å². The summed E-state index contributed by atoms with van der Waals surface area (Å²) in [6.45, 7) is 0. The van der Waals surface area contributed by atoms with Crippen molar-refractivity contribution in [3.63, 3.8) is 0 Å². The van der Waals surface area contributed by atoms with E-state index in [9.17, 15) is 4.79 Å². The van der Waals surface area contributed by atoms with Crippen LogP contribution in [0, 0.1) is 0 Å². The van der Waals surface area contributed by atoms with Crippen LogP contribution in [0.5, 0.6) is 5.75 Å². The van der Waals surface area contributed by atoms with E-state index in [0.717, 1.165) is 22.0 Å². The molecule has 4 heteroatoms. The first-order chi connectivity index (χ1) is 13.8. The van der Waals surface area contributed by atoms with Crippen LogP contribution < -0.4 is 10.2 Å². The molecular formula is C24H18N2O2. The quantitative estimate of drug-likeness (QED) is 0.219. The maximum absolute atomic E-state index is 12.5. The predicted molar refractivity (Wildman–Crippen MR) is 113 cm³/mol. The minimum absolute atomic E-state index is 0.401. The summed E-state index contributed by atoms with van der Waals surface area (Å²) in [5.74, 6) is 0.0627. The molecular weight excluding hydrogens is 348 g/mol. The SMILES string of the molecule is O=C(Oc1ccc2ccccc2c1C=NNc1ccccc1)c1ccccc1. The molecule has 28 heavy (non-hydrogen) atoms. The molecule has 4 rings (SSSR count). The standard InChI is InChI=1S/C24H18N2O2/c27-24(19-10-3-1-4-11-19)28-23-16-15-18-9-7-8-14-21(18)22(23)17-25-26-20-12-5-2-6-13-20/h1-17,26H. The first kappa shape index (κ1) is 17.5. The Morgan fingerprint density at radius 1 is 0.786 bits per heavy atom. The molecule has 4 aromatic carbocycles. The van der Waals surface area contributed by atoms with Crippen LogP contribution in [0.1, 0.15) is 15.9 Å². The number of hydrazone groups is 1. The molecule has 4 aromatic rings. The van der Waals surface area contributed by atoms with Crippen LogP contribution in [0.4, 0.5) is 5.69 Å². The van der Waals surface area contributed by atoms with Gasteiger partial charge in [0.25, 0.3) is 0 Å². The van der Waals surface area contributed by atoms with Gasteiger partial charge in [0.2, 0.25) is 0 Å². The van der Waals surface area contributed by atoms with E-state index in [1.54, 1.807) is 24.4 Å². The van der Waals surface area contributed by atoms with Gasteiger partial charge in [-0.2, -0.15) is 5.10 Å². The second kappa shape index (κ2) is 8.18. The van der Waals surface area contributed by atoms with Gasteiger partial charge in [0.15, 0.2) is 0 Å². The largest absolute Gasteiger partial charge is 0.422 e. The van der Waals surface area contributed by atoms with Gasteiger partial charge in [-0.15, -0.1) is 0 Å². The third kappa shape index (κ3) is 3.91. The molecule has 0 fully saturated rings. The smallest absolute Gasteiger partial charge is 0.343 e. The van der Waals surface area contributed by atoms with Crippen LogP contribution in [0.2, 0.25) is 0 Å². The Morgan fingerprint density at radius 2 is 1.46 bits per heavy atom. The number of anilines is 1. The summed E-state index contributed by atoms with van der Waals surface area (Å²) in [6.07, 6.45) is 1.68. The van der Waals surface area contributed by atoms with E-state index >= 15 is 0 Å². The molecule has 0 aliphatic carbocycles. The Balaban J connectivity index is 1.68. The Labute approximate surface area is 163 Å². The van der Waals surface area contributed by atoms with Crippen LogP contribution in [-0.2, 0) is 0 Å². The molecule has 0 atom stereocenters. The van der Waals surface area contributed by atoms with Crippen molar-refractivity contribution in [1.29, 1.82) is 0 Å². The lowest BCUT2D eigenvalue weighted by atomic mass is 10.0. The molecule has 0 radical (unpaired) electrons. The Morgan fingerprint density at radius 3 is 2.25 bits per heavy atom. The minimum atomic E-state index is -0.401. The highest BCUT2D eigenvalue weighted by molar-refractivity contribution is 6.04. The molecule has 0 aromatic heterocycles. The molecule has 0 saturated heterocycles. The Bertz CT molecular complexity index is 1120. The second-order valence-electron chi connectivity index (χ2n) is 6.19. The topological polar surface area (TPSA) is 50.7 Å². The lowest BCUT2D eigenvalue weighted by molar-refractivity contribution is 0.0735. The minimum Gasteiger partial charge on any atom is -0.422 e. The summed E-state index contributed by atoms with van der Waals surface area (Å²) in [7, 11) is 0. The third-order valence-electron chi connectivity index (χ3n) is 4.30. The molecule has 0 unspecified atom stereocenters. The zero-order valence-corrected chi connectivity index (χ0v) is 15.1. The number of rotatable bonds is 5. The van der Waals surface area contributed by atoms with Gasteiger partial charge < -0.3 is 4.74 Å². The normalized spacial score (nSPS) is 10.9. The van der Waals surface area contributed by atoms with Gasteiger partial charge >= 0.3 is 5.97 Å². The van der Waals surface area contributed by atoms with Crippen LogP contribution >= 0.6 is 0 Å². The number of carbonyl (C=O) groups is 1. The summed E-state index contributed by atoms with van der Waals surface area (Å²) >= 11 is 0. The molecule has 0 saturated carbocycles. The number of para-hydroxylation sites is 1. The maximum atomic E-state index is 12.5. The fourth-order valence-corrected chi connectivity index (χ4v) is 2.91. The van der Waals surface area contributed by atoms with Crippen LogP contribution in [0.15, 0.2) is 102 Å². The number of fused-ring (bicyclic) bond motifs is 1. The van der Waals surface area contributed by atoms with E-state index in [-0.39, 0.29) is 0 Å². The van der Waals surface area contributed by atoms with Gasteiger partial charge in [0.05, 0.1) is 17.5 Å². The molecule has 0 amide bonds. The Kier molecular flexibility index (Phi) is 5.11. The van der Waals surface area contributed by atoms with Gasteiger partial charge in [-0.3, -0.25) is 5.43 Å². The highest BCUT2D eigenvalue weighted by Gasteiger charge is 2.13. The summed E-state index contributed by atoms with van der Waals surface area (Å²) in [4.78, 5) is 12.5. The zero-order valence-electron chi connectivity index (χ0n) is 15.1. The number of nitrogens with zero attached hydrogens (tertiary/aromatic N) is 1. The first-order valence-corrected chi connectivity index (χ1v) is 8.94. The van der Waals surface area contributed by atoms with E-state index in [4.69, 9.17) is 4.74 Å². The van der Waals surface area contributed by atoms with E-state index < -0.39 is 5.97 Å². The second-order valence-corrected chi connectivity index (χ2v) is 6.19. The number of nitrogens with one attached hydrogen (secondary N) is 1. The van der Waals surface area contributed by atoms with Crippen molar-refractivity contribution in [2.75, 3.05) is 5.43 Å². The number of ether oxygens (including phenoxy) is 1. The van der Waals surface area contributed by atoms with Gasteiger partial charge in [-0.1, -0.05) is 66.7 Å². The third-order valence-corrected chi connectivity index (χ3v) is 4.30. The van der Waals surface area contributed by atoms with Crippen molar-refractivity contribution in [1.82, 2.24) is 0 Å². The average Bonchev–Trinajstić information content (AvgIpc) is 2.76. The predicted octanol–water partition coefficient (Wildman–Crippen LogP) is 5.51. The zero-order chi connectivity index (χ0) is 19.2. The van der Waals surface area contributed by atoms with Crippen molar-refractivity contribution < 1.29 is 9.53 Å². The average molecular weight is 366 g/mol. The maximum Gasteiger partial charge on any atom is 0.343 e. The van der Waals surface area contributed by atoms with Gasteiger partial charge in [0.1, 0.15) is 5.75 Å². The molecule has 0 bridgehead atoms. The van der Waals surface area contributed by atoms with Gasteiger partial charge in [-0.25, -0.2) is 4.79 Å². The van der Waals surface area contributed by atoms with Gasteiger partial charge in [0, 0.05) is 5.56 Å². The van der Waals surface area contributed by atoms with Crippen LogP contribution in [0.25, 0.3) is 10.8 Å². The van der Waals surface area contributed by atoms with Crippen molar-refractivity contribution in [2.24, 2.45) is 5.10 Å².